The Bertz CT molecular complexity index is 860. The molecule has 0 aliphatic carbocycles. The Balaban J connectivity index is 1.81. The van der Waals surface area contributed by atoms with Crippen molar-refractivity contribution in [3.8, 4) is 23.0 Å². The average Bonchev–Trinajstić information content (AvgIpc) is 2.68. The molecule has 27 heavy (non-hydrogen) atoms. The highest BCUT2D eigenvalue weighted by molar-refractivity contribution is 9.10. The standard InChI is InChI=1S/C21H21BrO5/c1-3-24-20-12-14(11-16(22)21(20)25-4-2)5-7-17(23)15-6-8-18-19(13-15)27-10-9-26-18/h5-8,11-13H,3-4,9-10H2,1-2H3. The summed E-state index contributed by atoms with van der Waals surface area (Å²) < 4.78 is 23.1. The van der Waals surface area contributed by atoms with Crippen LogP contribution in [-0.2, 0) is 0 Å². The summed E-state index contributed by atoms with van der Waals surface area (Å²) >= 11 is 3.51. The van der Waals surface area contributed by atoms with Crippen LogP contribution < -0.4 is 18.9 Å². The van der Waals surface area contributed by atoms with Gasteiger partial charge in [0.1, 0.15) is 13.2 Å². The van der Waals surface area contributed by atoms with Gasteiger partial charge in [-0.15, -0.1) is 0 Å². The molecule has 0 unspecified atom stereocenters. The number of fused-ring (bicyclic) bond motifs is 1. The molecule has 0 N–H and O–H groups in total. The van der Waals surface area contributed by atoms with Gasteiger partial charge in [-0.2, -0.15) is 0 Å². The van der Waals surface area contributed by atoms with E-state index < -0.39 is 0 Å². The van der Waals surface area contributed by atoms with Gasteiger partial charge in [-0.1, -0.05) is 6.08 Å². The number of halogens is 1. The molecule has 2 aromatic rings. The maximum absolute atomic E-state index is 12.5. The molecule has 0 amide bonds. The maximum atomic E-state index is 12.5. The Morgan fingerprint density at radius 3 is 2.56 bits per heavy atom. The van der Waals surface area contributed by atoms with Gasteiger partial charge in [0.25, 0.3) is 0 Å². The fourth-order valence-electron chi connectivity index (χ4n) is 2.70. The van der Waals surface area contributed by atoms with E-state index in [0.717, 1.165) is 10.0 Å². The summed E-state index contributed by atoms with van der Waals surface area (Å²) in [6, 6.07) is 8.95. The minimum Gasteiger partial charge on any atom is -0.490 e. The molecule has 5 nitrogen and oxygen atoms in total. The Labute approximate surface area is 167 Å². The molecule has 1 heterocycles. The number of carbonyl (C=O) groups is 1. The molecule has 6 heteroatoms. The lowest BCUT2D eigenvalue weighted by molar-refractivity contribution is 0.104. The van der Waals surface area contributed by atoms with Crippen LogP contribution in [-0.4, -0.2) is 32.2 Å². The maximum Gasteiger partial charge on any atom is 0.185 e. The Morgan fingerprint density at radius 1 is 1.07 bits per heavy atom. The van der Waals surface area contributed by atoms with E-state index in [0.29, 0.717) is 55.0 Å². The minimum absolute atomic E-state index is 0.116. The zero-order chi connectivity index (χ0) is 19.2. The first-order valence-electron chi connectivity index (χ1n) is 8.83. The van der Waals surface area contributed by atoms with Crippen molar-refractivity contribution in [2.24, 2.45) is 0 Å². The monoisotopic (exact) mass is 432 g/mol. The second-order valence-corrected chi connectivity index (χ2v) is 6.61. The van der Waals surface area contributed by atoms with Gasteiger partial charge >= 0.3 is 0 Å². The van der Waals surface area contributed by atoms with E-state index in [4.69, 9.17) is 18.9 Å². The predicted octanol–water partition coefficient (Wildman–Crippen LogP) is 4.91. The second-order valence-electron chi connectivity index (χ2n) is 5.75. The summed E-state index contributed by atoms with van der Waals surface area (Å²) in [6.07, 6.45) is 3.28. The van der Waals surface area contributed by atoms with Crippen molar-refractivity contribution in [3.05, 3.63) is 52.0 Å². The number of allylic oxidation sites excluding steroid dienone is 1. The zero-order valence-electron chi connectivity index (χ0n) is 15.3. The number of rotatable bonds is 7. The molecule has 142 valence electrons. The second kappa shape index (κ2) is 8.95. The number of ketones is 1. The third-order valence-electron chi connectivity index (χ3n) is 3.87. The van der Waals surface area contributed by atoms with Crippen molar-refractivity contribution in [1.82, 2.24) is 0 Å². The Morgan fingerprint density at radius 2 is 1.81 bits per heavy atom. The summed E-state index contributed by atoms with van der Waals surface area (Å²) in [7, 11) is 0. The molecule has 3 rings (SSSR count). The molecule has 0 bridgehead atoms. The van der Waals surface area contributed by atoms with Gasteiger partial charge < -0.3 is 18.9 Å². The fraction of sp³-hybridized carbons (Fsp3) is 0.286. The first-order chi connectivity index (χ1) is 13.1. The van der Waals surface area contributed by atoms with Gasteiger partial charge in [-0.3, -0.25) is 4.79 Å². The van der Waals surface area contributed by atoms with Crippen LogP contribution in [0.25, 0.3) is 6.08 Å². The molecule has 0 saturated heterocycles. The summed E-state index contributed by atoms with van der Waals surface area (Å²) in [4.78, 5) is 12.5. The van der Waals surface area contributed by atoms with E-state index in [1.807, 2.05) is 26.0 Å². The van der Waals surface area contributed by atoms with E-state index in [2.05, 4.69) is 15.9 Å². The molecule has 0 aromatic heterocycles. The van der Waals surface area contributed by atoms with Gasteiger partial charge in [0.2, 0.25) is 0 Å². The van der Waals surface area contributed by atoms with Gasteiger partial charge in [-0.05, 0) is 71.7 Å². The zero-order valence-corrected chi connectivity index (χ0v) is 16.9. The van der Waals surface area contributed by atoms with Crippen LogP contribution in [0.15, 0.2) is 40.9 Å². The quantitative estimate of drug-likeness (QED) is 0.459. The van der Waals surface area contributed by atoms with Crippen molar-refractivity contribution in [1.29, 1.82) is 0 Å². The van der Waals surface area contributed by atoms with Gasteiger partial charge in [0.15, 0.2) is 28.8 Å². The normalized spacial score (nSPS) is 12.9. The van der Waals surface area contributed by atoms with Crippen molar-refractivity contribution < 1.29 is 23.7 Å². The number of hydrogen-bond acceptors (Lipinski definition) is 5. The third kappa shape index (κ3) is 4.63. The van der Waals surface area contributed by atoms with Crippen LogP contribution in [0.4, 0.5) is 0 Å². The molecule has 0 fully saturated rings. The number of hydrogen-bond donors (Lipinski definition) is 0. The molecular weight excluding hydrogens is 412 g/mol. The van der Waals surface area contributed by atoms with Gasteiger partial charge in [-0.25, -0.2) is 0 Å². The van der Waals surface area contributed by atoms with Crippen LogP contribution in [0.5, 0.6) is 23.0 Å². The number of carbonyl (C=O) groups excluding carboxylic acids is 1. The topological polar surface area (TPSA) is 54.0 Å². The summed E-state index contributed by atoms with van der Waals surface area (Å²) in [6.45, 7) is 5.90. The van der Waals surface area contributed by atoms with Crippen molar-refractivity contribution in [2.45, 2.75) is 13.8 Å². The van der Waals surface area contributed by atoms with Crippen LogP contribution in [0.1, 0.15) is 29.8 Å². The molecule has 0 atom stereocenters. The van der Waals surface area contributed by atoms with Crippen LogP contribution in [0, 0.1) is 0 Å². The highest BCUT2D eigenvalue weighted by atomic mass is 79.9. The Hall–Kier alpha value is -2.47. The lowest BCUT2D eigenvalue weighted by Crippen LogP contribution is -2.15. The molecule has 1 aliphatic heterocycles. The molecule has 1 aliphatic rings. The molecule has 0 spiro atoms. The highest BCUT2D eigenvalue weighted by Gasteiger charge is 2.14. The molecule has 0 saturated carbocycles. The smallest absolute Gasteiger partial charge is 0.185 e. The summed E-state index contributed by atoms with van der Waals surface area (Å²) in [5.74, 6) is 2.45. The predicted molar refractivity (Wildman–Crippen MR) is 107 cm³/mol. The first-order valence-corrected chi connectivity index (χ1v) is 9.62. The van der Waals surface area contributed by atoms with Crippen molar-refractivity contribution >= 4 is 27.8 Å². The van der Waals surface area contributed by atoms with E-state index in [-0.39, 0.29) is 5.78 Å². The highest BCUT2D eigenvalue weighted by Crippen LogP contribution is 2.37. The SMILES string of the molecule is CCOc1cc(C=CC(=O)c2ccc3c(c2)OCCO3)cc(Br)c1OCC. The summed E-state index contributed by atoms with van der Waals surface area (Å²) in [5.41, 5.74) is 1.38. The number of benzene rings is 2. The van der Waals surface area contributed by atoms with E-state index >= 15 is 0 Å². The molecule has 2 aromatic carbocycles. The lowest BCUT2D eigenvalue weighted by Gasteiger charge is -2.18. The third-order valence-corrected chi connectivity index (χ3v) is 4.46. The van der Waals surface area contributed by atoms with Crippen molar-refractivity contribution in [2.75, 3.05) is 26.4 Å². The van der Waals surface area contributed by atoms with Gasteiger partial charge in [0, 0.05) is 5.56 Å². The number of ether oxygens (including phenoxy) is 4. The molecular formula is C21H21BrO5. The van der Waals surface area contributed by atoms with E-state index in [1.165, 1.54) is 6.08 Å². The van der Waals surface area contributed by atoms with E-state index in [1.54, 1.807) is 24.3 Å². The average molecular weight is 433 g/mol. The van der Waals surface area contributed by atoms with Crippen LogP contribution >= 0.6 is 15.9 Å². The van der Waals surface area contributed by atoms with E-state index in [9.17, 15) is 4.79 Å². The lowest BCUT2D eigenvalue weighted by atomic mass is 10.1. The fourth-order valence-corrected chi connectivity index (χ4v) is 3.27. The first kappa shape index (κ1) is 19.3. The molecule has 0 radical (unpaired) electrons. The summed E-state index contributed by atoms with van der Waals surface area (Å²) in [5, 5.41) is 0. The minimum atomic E-state index is -0.116. The van der Waals surface area contributed by atoms with Gasteiger partial charge in [0.05, 0.1) is 17.7 Å². The van der Waals surface area contributed by atoms with Crippen LogP contribution in [0.2, 0.25) is 0 Å². The largest absolute Gasteiger partial charge is 0.490 e. The van der Waals surface area contributed by atoms with Crippen LogP contribution in [0.3, 0.4) is 0 Å². The van der Waals surface area contributed by atoms with Crippen molar-refractivity contribution in [3.63, 3.8) is 0 Å². The Kier molecular flexibility index (Phi) is 6.40.